The molecule has 9 heteroatoms. The molecule has 31 heavy (non-hydrogen) atoms. The van der Waals surface area contributed by atoms with E-state index in [2.05, 4.69) is 0 Å². The molecule has 9 nitrogen and oxygen atoms in total. The molecule has 2 amide bonds. The number of hydrogen-bond donors (Lipinski definition) is 4. The van der Waals surface area contributed by atoms with E-state index in [4.69, 9.17) is 0 Å². The van der Waals surface area contributed by atoms with Crippen molar-refractivity contribution in [1.29, 1.82) is 0 Å². The zero-order valence-corrected chi connectivity index (χ0v) is 16.9. The highest BCUT2D eigenvalue weighted by atomic mass is 16.4. The van der Waals surface area contributed by atoms with Gasteiger partial charge in [0.15, 0.2) is 17.2 Å². The lowest BCUT2D eigenvalue weighted by molar-refractivity contribution is -0.144. The van der Waals surface area contributed by atoms with Gasteiger partial charge >= 0.3 is 5.97 Å². The fourth-order valence-electron chi connectivity index (χ4n) is 3.48. The molecular formula is C22H22N2O7. The number of hydrogen-bond acceptors (Lipinski definition) is 6. The van der Waals surface area contributed by atoms with Crippen LogP contribution < -0.4 is 0 Å². The molecule has 1 aliphatic rings. The Morgan fingerprint density at radius 2 is 1.61 bits per heavy atom. The molecule has 0 spiro atoms. The summed E-state index contributed by atoms with van der Waals surface area (Å²) >= 11 is 0. The van der Waals surface area contributed by atoms with E-state index >= 15 is 0 Å². The van der Waals surface area contributed by atoms with Crippen LogP contribution in [0.15, 0.2) is 48.7 Å². The van der Waals surface area contributed by atoms with Crippen LogP contribution in [0.5, 0.6) is 17.2 Å². The predicted molar refractivity (Wildman–Crippen MR) is 110 cm³/mol. The van der Waals surface area contributed by atoms with Gasteiger partial charge in [0.1, 0.15) is 12.6 Å². The molecule has 1 unspecified atom stereocenters. The molecule has 0 bridgehead atoms. The molecule has 1 aliphatic heterocycles. The maximum absolute atomic E-state index is 13.3. The quantitative estimate of drug-likeness (QED) is 0.538. The van der Waals surface area contributed by atoms with E-state index in [0.29, 0.717) is 5.56 Å². The molecule has 2 aromatic carbocycles. The van der Waals surface area contributed by atoms with Crippen molar-refractivity contribution in [2.24, 2.45) is 5.92 Å². The summed E-state index contributed by atoms with van der Waals surface area (Å²) in [5.41, 5.74) is 0.370. The highest BCUT2D eigenvalue weighted by Gasteiger charge is 2.41. The summed E-state index contributed by atoms with van der Waals surface area (Å²) in [6, 6.07) is 9.49. The van der Waals surface area contributed by atoms with Crippen molar-refractivity contribution < 1.29 is 34.8 Å². The van der Waals surface area contributed by atoms with Crippen molar-refractivity contribution in [1.82, 2.24) is 9.80 Å². The summed E-state index contributed by atoms with van der Waals surface area (Å²) in [5, 5.41) is 38.8. The molecule has 0 saturated heterocycles. The van der Waals surface area contributed by atoms with Gasteiger partial charge in [0.25, 0.3) is 11.8 Å². The minimum Gasteiger partial charge on any atom is -0.504 e. The van der Waals surface area contributed by atoms with Gasteiger partial charge in [-0.2, -0.15) is 0 Å². The molecule has 0 aromatic heterocycles. The first-order valence-electron chi connectivity index (χ1n) is 9.49. The van der Waals surface area contributed by atoms with Crippen LogP contribution in [0.2, 0.25) is 0 Å². The molecule has 1 heterocycles. The van der Waals surface area contributed by atoms with E-state index in [9.17, 15) is 34.8 Å². The van der Waals surface area contributed by atoms with Gasteiger partial charge in [0.2, 0.25) is 0 Å². The van der Waals surface area contributed by atoms with Gasteiger partial charge in [0.05, 0.1) is 5.70 Å². The Balaban J connectivity index is 2.21. The number of carbonyl (C=O) groups is 3. The van der Waals surface area contributed by atoms with Crippen molar-refractivity contribution in [3.05, 3.63) is 59.8 Å². The minimum atomic E-state index is -1.28. The Bertz CT molecular complexity index is 1040. The molecule has 0 saturated carbocycles. The van der Waals surface area contributed by atoms with Crippen LogP contribution in [0.1, 0.15) is 29.8 Å². The van der Waals surface area contributed by atoms with Crippen LogP contribution in [-0.2, 0) is 9.59 Å². The Hall–Kier alpha value is -4.01. The summed E-state index contributed by atoms with van der Waals surface area (Å²) in [7, 11) is 0. The number of phenolic OH excluding ortho intramolecular Hbond substituents is 3. The smallest absolute Gasteiger partial charge is 0.323 e. The van der Waals surface area contributed by atoms with Crippen molar-refractivity contribution in [3.8, 4) is 17.2 Å². The van der Waals surface area contributed by atoms with Gasteiger partial charge in [-0.3, -0.25) is 19.3 Å². The number of aromatic hydroxyl groups is 3. The topological polar surface area (TPSA) is 139 Å². The summed E-state index contributed by atoms with van der Waals surface area (Å²) in [6.45, 7) is 2.79. The van der Waals surface area contributed by atoms with Crippen molar-refractivity contribution in [2.75, 3.05) is 6.54 Å². The first-order chi connectivity index (χ1) is 14.6. The van der Waals surface area contributed by atoms with E-state index < -0.39 is 47.6 Å². The highest BCUT2D eigenvalue weighted by Crippen LogP contribution is 2.40. The number of phenols is 3. The second-order valence-electron chi connectivity index (χ2n) is 7.46. The largest absolute Gasteiger partial charge is 0.504 e. The standard InChI is InChI=1S/C22H22N2O7/c1-12(2)19-22(31)23(11-18(27)28)15(14-8-16(25)20(29)17(26)9-14)10-24(19)21(30)13-6-4-3-5-7-13/h3-10,12,19,25-26,29H,11H2,1-2H3,(H,27,28). The van der Waals surface area contributed by atoms with Crippen LogP contribution in [0.4, 0.5) is 0 Å². The maximum atomic E-state index is 13.3. The van der Waals surface area contributed by atoms with Gasteiger partial charge in [-0.25, -0.2) is 0 Å². The molecular weight excluding hydrogens is 404 g/mol. The number of rotatable bonds is 5. The Morgan fingerprint density at radius 1 is 1.03 bits per heavy atom. The number of nitrogens with zero attached hydrogens (tertiary/aromatic N) is 2. The third kappa shape index (κ3) is 4.16. The van der Waals surface area contributed by atoms with Gasteiger partial charge in [-0.05, 0) is 30.2 Å². The summed E-state index contributed by atoms with van der Waals surface area (Å²) in [4.78, 5) is 40.2. The molecule has 0 radical (unpaired) electrons. The SMILES string of the molecule is CC(C)C1C(=O)N(CC(=O)O)C(c2cc(O)c(O)c(O)c2)=CN1C(=O)c1ccccc1. The fourth-order valence-corrected chi connectivity index (χ4v) is 3.48. The van der Waals surface area contributed by atoms with Crippen LogP contribution in [-0.4, -0.2) is 60.6 Å². The third-order valence-electron chi connectivity index (χ3n) is 4.92. The first kappa shape index (κ1) is 21.7. The fraction of sp³-hybridized carbons (Fsp3) is 0.227. The number of aliphatic carboxylic acids is 1. The second kappa shape index (κ2) is 8.39. The number of carboxylic acid groups (broad SMARTS) is 1. The average Bonchev–Trinajstić information content (AvgIpc) is 2.72. The Kier molecular flexibility index (Phi) is 5.87. The normalized spacial score (nSPS) is 16.4. The lowest BCUT2D eigenvalue weighted by atomic mass is 9.96. The van der Waals surface area contributed by atoms with E-state index in [1.807, 2.05) is 0 Å². The highest BCUT2D eigenvalue weighted by molar-refractivity contribution is 6.03. The van der Waals surface area contributed by atoms with Crippen LogP contribution in [0.3, 0.4) is 0 Å². The van der Waals surface area contributed by atoms with Crippen molar-refractivity contribution in [2.45, 2.75) is 19.9 Å². The molecule has 0 aliphatic carbocycles. The zero-order chi connectivity index (χ0) is 22.9. The summed E-state index contributed by atoms with van der Waals surface area (Å²) in [5.74, 6) is -4.78. The van der Waals surface area contributed by atoms with Crippen molar-refractivity contribution in [3.63, 3.8) is 0 Å². The maximum Gasteiger partial charge on any atom is 0.323 e. The molecule has 3 rings (SSSR count). The lowest BCUT2D eigenvalue weighted by Crippen LogP contribution is -2.55. The third-order valence-corrected chi connectivity index (χ3v) is 4.92. The molecule has 4 N–H and O–H groups in total. The number of carbonyl (C=O) groups excluding carboxylic acids is 2. The van der Waals surface area contributed by atoms with Gasteiger partial charge in [-0.1, -0.05) is 32.0 Å². The minimum absolute atomic E-state index is 0.0146. The van der Waals surface area contributed by atoms with Crippen LogP contribution >= 0.6 is 0 Å². The first-order valence-corrected chi connectivity index (χ1v) is 9.49. The zero-order valence-electron chi connectivity index (χ0n) is 16.9. The van der Waals surface area contributed by atoms with Gasteiger partial charge < -0.3 is 25.3 Å². The van der Waals surface area contributed by atoms with Gasteiger partial charge in [0, 0.05) is 17.3 Å². The average molecular weight is 426 g/mol. The Labute approximate surface area is 178 Å². The lowest BCUT2D eigenvalue weighted by Gasteiger charge is -2.40. The number of benzene rings is 2. The van der Waals surface area contributed by atoms with E-state index in [0.717, 1.165) is 17.0 Å². The number of amides is 2. The van der Waals surface area contributed by atoms with Crippen molar-refractivity contribution >= 4 is 23.5 Å². The van der Waals surface area contributed by atoms with E-state index in [1.54, 1.807) is 44.2 Å². The summed E-state index contributed by atoms with van der Waals surface area (Å²) < 4.78 is 0. The number of carboxylic acids is 1. The van der Waals surface area contributed by atoms with Gasteiger partial charge in [-0.15, -0.1) is 0 Å². The molecule has 1 atom stereocenters. The molecule has 162 valence electrons. The van der Waals surface area contributed by atoms with E-state index in [-0.39, 0.29) is 17.2 Å². The predicted octanol–water partition coefficient (Wildman–Crippen LogP) is 2.20. The monoisotopic (exact) mass is 426 g/mol. The van der Waals surface area contributed by atoms with Crippen LogP contribution in [0, 0.1) is 5.92 Å². The van der Waals surface area contributed by atoms with E-state index in [1.165, 1.54) is 11.1 Å². The molecule has 2 aromatic rings. The van der Waals surface area contributed by atoms with Crippen LogP contribution in [0.25, 0.3) is 5.70 Å². The summed E-state index contributed by atoms with van der Waals surface area (Å²) in [6.07, 6.45) is 1.33. The Morgan fingerprint density at radius 3 is 2.13 bits per heavy atom. The molecule has 0 fully saturated rings. The second-order valence-corrected chi connectivity index (χ2v) is 7.46.